The molecule has 0 saturated heterocycles. The van der Waals surface area contributed by atoms with Gasteiger partial charge in [-0.2, -0.15) is 0 Å². The van der Waals surface area contributed by atoms with Gasteiger partial charge in [-0.25, -0.2) is 0 Å². The van der Waals surface area contributed by atoms with Gasteiger partial charge in [0.15, 0.2) is 0 Å². The van der Waals surface area contributed by atoms with Gasteiger partial charge in [-0.05, 0) is 42.5 Å². The second-order valence-electron chi connectivity index (χ2n) is 5.52. The summed E-state index contributed by atoms with van der Waals surface area (Å²) in [5, 5.41) is 5.56. The Morgan fingerprint density at radius 2 is 2.22 bits per heavy atom. The van der Waals surface area contributed by atoms with Crippen LogP contribution in [0.25, 0.3) is 0 Å². The smallest absolute Gasteiger partial charge is 0.0594 e. The first kappa shape index (κ1) is 14.0. The molecule has 0 spiro atoms. The predicted octanol–water partition coefficient (Wildman–Crippen LogP) is 3.68. The van der Waals surface area contributed by atoms with E-state index in [1.807, 2.05) is 0 Å². The van der Waals surface area contributed by atoms with Crippen LogP contribution in [-0.4, -0.2) is 19.3 Å². The summed E-state index contributed by atoms with van der Waals surface area (Å²) in [5.74, 6) is 1.70. The molecule has 0 aliphatic heterocycles. The largest absolute Gasteiger partial charge is 0.377 e. The molecule has 3 heteroatoms. The van der Waals surface area contributed by atoms with E-state index in [1.165, 1.54) is 24.1 Å². The van der Waals surface area contributed by atoms with Crippen molar-refractivity contribution in [2.45, 2.75) is 45.8 Å². The minimum atomic E-state index is 0.500. The number of ether oxygens (including phenoxy) is 1. The van der Waals surface area contributed by atoms with Crippen molar-refractivity contribution in [2.24, 2.45) is 11.8 Å². The van der Waals surface area contributed by atoms with Crippen molar-refractivity contribution in [1.82, 2.24) is 5.32 Å². The van der Waals surface area contributed by atoms with Crippen molar-refractivity contribution < 1.29 is 4.74 Å². The van der Waals surface area contributed by atoms with Gasteiger partial charge in [0, 0.05) is 18.0 Å². The quantitative estimate of drug-likeness (QED) is 0.794. The lowest BCUT2D eigenvalue weighted by molar-refractivity contribution is 0.00425. The summed E-state index contributed by atoms with van der Waals surface area (Å²) < 4.78 is 5.96. The fourth-order valence-electron chi connectivity index (χ4n) is 2.57. The molecule has 2 rings (SSSR count). The molecule has 0 radical (unpaired) electrons. The van der Waals surface area contributed by atoms with E-state index in [9.17, 15) is 0 Å². The van der Waals surface area contributed by atoms with Crippen LogP contribution in [-0.2, 0) is 11.3 Å². The number of rotatable bonds is 6. The highest BCUT2D eigenvalue weighted by atomic mass is 32.1. The molecule has 2 nitrogen and oxygen atoms in total. The highest BCUT2D eigenvalue weighted by molar-refractivity contribution is 7.09. The summed E-state index contributed by atoms with van der Waals surface area (Å²) in [5.41, 5.74) is 0. The van der Waals surface area contributed by atoms with Crippen LogP contribution in [0.2, 0.25) is 0 Å². The van der Waals surface area contributed by atoms with Crippen LogP contribution in [0.15, 0.2) is 17.5 Å². The van der Waals surface area contributed by atoms with Crippen LogP contribution in [0.4, 0.5) is 0 Å². The molecule has 0 amide bonds. The monoisotopic (exact) mass is 267 g/mol. The summed E-state index contributed by atoms with van der Waals surface area (Å²) in [6, 6.07) is 4.27. The molecular formula is C15H25NOS. The Balaban J connectivity index is 1.53. The Morgan fingerprint density at radius 3 is 2.94 bits per heavy atom. The third-order valence-corrected chi connectivity index (χ3v) is 4.94. The van der Waals surface area contributed by atoms with E-state index >= 15 is 0 Å². The van der Waals surface area contributed by atoms with E-state index in [0.29, 0.717) is 6.10 Å². The number of thiophene rings is 1. The van der Waals surface area contributed by atoms with Crippen LogP contribution >= 0.6 is 11.3 Å². The molecule has 1 aliphatic rings. The van der Waals surface area contributed by atoms with Gasteiger partial charge in [0.05, 0.1) is 12.7 Å². The number of hydrogen-bond acceptors (Lipinski definition) is 3. The van der Waals surface area contributed by atoms with Gasteiger partial charge in [0.2, 0.25) is 0 Å². The van der Waals surface area contributed by atoms with E-state index in [1.54, 1.807) is 11.3 Å². The van der Waals surface area contributed by atoms with Gasteiger partial charge in [-0.1, -0.05) is 19.9 Å². The zero-order valence-electron chi connectivity index (χ0n) is 11.5. The van der Waals surface area contributed by atoms with E-state index < -0.39 is 0 Å². The maximum absolute atomic E-state index is 5.96. The molecule has 1 fully saturated rings. The Kier molecular flexibility index (Phi) is 5.67. The van der Waals surface area contributed by atoms with Gasteiger partial charge in [-0.15, -0.1) is 11.3 Å². The summed E-state index contributed by atoms with van der Waals surface area (Å²) in [6.07, 6.45) is 4.32. The minimum Gasteiger partial charge on any atom is -0.377 e. The molecule has 102 valence electrons. The molecule has 18 heavy (non-hydrogen) atoms. The lowest BCUT2D eigenvalue weighted by Gasteiger charge is -2.32. The molecule has 1 heterocycles. The molecule has 1 aliphatic carbocycles. The maximum Gasteiger partial charge on any atom is 0.0594 e. The fraction of sp³-hybridized carbons (Fsp3) is 0.733. The average molecular weight is 267 g/mol. The summed E-state index contributed by atoms with van der Waals surface area (Å²) in [4.78, 5) is 1.40. The van der Waals surface area contributed by atoms with Gasteiger partial charge in [0.1, 0.15) is 0 Å². The lowest BCUT2D eigenvalue weighted by Crippen LogP contribution is -2.29. The first-order valence-corrected chi connectivity index (χ1v) is 7.98. The number of hydrogen-bond donors (Lipinski definition) is 1. The van der Waals surface area contributed by atoms with Crippen molar-refractivity contribution in [3.63, 3.8) is 0 Å². The topological polar surface area (TPSA) is 21.3 Å². The van der Waals surface area contributed by atoms with E-state index in [2.05, 4.69) is 36.7 Å². The third-order valence-electron chi connectivity index (χ3n) is 4.06. The van der Waals surface area contributed by atoms with E-state index in [0.717, 1.165) is 31.5 Å². The van der Waals surface area contributed by atoms with Gasteiger partial charge >= 0.3 is 0 Å². The molecule has 1 aromatic heterocycles. The predicted molar refractivity (Wildman–Crippen MR) is 77.9 cm³/mol. The molecule has 3 atom stereocenters. The highest BCUT2D eigenvalue weighted by Crippen LogP contribution is 2.30. The van der Waals surface area contributed by atoms with Gasteiger partial charge in [0.25, 0.3) is 0 Å². The van der Waals surface area contributed by atoms with Gasteiger partial charge in [-0.3, -0.25) is 0 Å². The summed E-state index contributed by atoms with van der Waals surface area (Å²) >= 11 is 1.81. The summed E-state index contributed by atoms with van der Waals surface area (Å²) in [7, 11) is 0. The molecule has 0 aromatic carbocycles. The lowest BCUT2D eigenvalue weighted by atomic mass is 9.80. The first-order valence-electron chi connectivity index (χ1n) is 7.10. The second kappa shape index (κ2) is 7.27. The van der Waals surface area contributed by atoms with Crippen molar-refractivity contribution in [3.05, 3.63) is 22.4 Å². The Labute approximate surface area is 115 Å². The molecule has 1 aromatic rings. The molecule has 1 N–H and O–H groups in total. The molecular weight excluding hydrogens is 242 g/mol. The highest BCUT2D eigenvalue weighted by Gasteiger charge is 2.24. The second-order valence-corrected chi connectivity index (χ2v) is 6.55. The van der Waals surface area contributed by atoms with Gasteiger partial charge < -0.3 is 10.1 Å². The first-order chi connectivity index (χ1) is 8.75. The Hall–Kier alpha value is -0.380. The van der Waals surface area contributed by atoms with Crippen LogP contribution in [0.3, 0.4) is 0 Å². The zero-order valence-corrected chi connectivity index (χ0v) is 12.3. The molecule has 1 saturated carbocycles. The van der Waals surface area contributed by atoms with Crippen molar-refractivity contribution >= 4 is 11.3 Å². The van der Waals surface area contributed by atoms with E-state index in [-0.39, 0.29) is 0 Å². The number of nitrogens with one attached hydrogen (secondary N) is 1. The van der Waals surface area contributed by atoms with Crippen molar-refractivity contribution in [2.75, 3.05) is 13.2 Å². The maximum atomic E-state index is 5.96. The standard InChI is InChI=1S/C15H25NOS/c1-12-5-6-14(10-13(12)2)17-8-7-16-11-15-4-3-9-18-15/h3-4,9,12-14,16H,5-8,10-11H2,1-2H3. The van der Waals surface area contributed by atoms with Crippen molar-refractivity contribution in [3.8, 4) is 0 Å². The zero-order chi connectivity index (χ0) is 12.8. The van der Waals surface area contributed by atoms with Crippen LogP contribution in [0.5, 0.6) is 0 Å². The minimum absolute atomic E-state index is 0.500. The third kappa shape index (κ3) is 4.38. The van der Waals surface area contributed by atoms with Crippen LogP contribution < -0.4 is 5.32 Å². The van der Waals surface area contributed by atoms with Crippen LogP contribution in [0, 0.1) is 11.8 Å². The van der Waals surface area contributed by atoms with Crippen LogP contribution in [0.1, 0.15) is 38.0 Å². The molecule has 3 unspecified atom stereocenters. The summed E-state index contributed by atoms with van der Waals surface area (Å²) in [6.45, 7) is 7.49. The van der Waals surface area contributed by atoms with E-state index in [4.69, 9.17) is 4.74 Å². The normalized spacial score (nSPS) is 28.4. The SMILES string of the molecule is CC1CCC(OCCNCc2cccs2)CC1C. The molecule has 0 bridgehead atoms. The fourth-order valence-corrected chi connectivity index (χ4v) is 3.25. The van der Waals surface area contributed by atoms with Crippen molar-refractivity contribution in [1.29, 1.82) is 0 Å². The Bertz CT molecular complexity index is 325. The Morgan fingerprint density at radius 1 is 1.33 bits per heavy atom. The average Bonchev–Trinajstić information content (AvgIpc) is 2.86.